The van der Waals surface area contributed by atoms with Crippen molar-refractivity contribution in [2.24, 2.45) is 12.8 Å². The number of thiocarbonyl (C=S) groups is 1. The van der Waals surface area contributed by atoms with E-state index in [0.717, 1.165) is 12.8 Å². The molecule has 1 heterocycles. The number of sulfonamides is 1. The summed E-state index contributed by atoms with van der Waals surface area (Å²) in [6.07, 6.45) is 3.02. The van der Waals surface area contributed by atoms with E-state index in [2.05, 4.69) is 31.0 Å². The van der Waals surface area contributed by atoms with E-state index in [0.29, 0.717) is 12.8 Å². The molecule has 0 saturated heterocycles. The second kappa shape index (κ2) is 5.08. The summed E-state index contributed by atoms with van der Waals surface area (Å²) in [5.41, 5.74) is 4.89. The smallest absolute Gasteiger partial charge is 0.261 e. The van der Waals surface area contributed by atoms with Gasteiger partial charge in [-0.1, -0.05) is 30.3 Å². The third kappa shape index (κ3) is 2.67. The molecule has 19 heavy (non-hydrogen) atoms. The van der Waals surface area contributed by atoms with Gasteiger partial charge in [-0.15, -0.1) is 5.10 Å². The van der Waals surface area contributed by atoms with Crippen molar-refractivity contribution >= 4 is 43.2 Å². The van der Waals surface area contributed by atoms with Crippen LogP contribution in [0.4, 0.5) is 0 Å². The van der Waals surface area contributed by atoms with Crippen LogP contribution in [0.3, 0.4) is 0 Å². The molecule has 0 aliphatic heterocycles. The summed E-state index contributed by atoms with van der Waals surface area (Å²) < 4.78 is 28.9. The molecule has 0 bridgehead atoms. The first kappa shape index (κ1) is 14.8. The van der Waals surface area contributed by atoms with Crippen molar-refractivity contribution in [3.8, 4) is 0 Å². The number of aryl methyl sites for hydroxylation is 1. The maximum Gasteiger partial charge on any atom is 0.261 e. The third-order valence-electron chi connectivity index (χ3n) is 3.25. The van der Waals surface area contributed by atoms with Crippen molar-refractivity contribution in [1.29, 1.82) is 0 Å². The molecule has 1 aromatic rings. The number of nitrogens with two attached hydrogens (primary N) is 1. The monoisotopic (exact) mass is 367 g/mol. The van der Waals surface area contributed by atoms with Crippen LogP contribution in [0.5, 0.6) is 0 Å². The summed E-state index contributed by atoms with van der Waals surface area (Å²) in [4.78, 5) is 0.180. The van der Waals surface area contributed by atoms with E-state index < -0.39 is 15.6 Å². The van der Waals surface area contributed by atoms with Gasteiger partial charge in [0.1, 0.15) is 0 Å². The molecule has 2 rings (SSSR count). The summed E-state index contributed by atoms with van der Waals surface area (Å²) >= 11 is 8.11. The van der Waals surface area contributed by atoms with Crippen LogP contribution < -0.4 is 10.5 Å². The highest BCUT2D eigenvalue weighted by atomic mass is 79.9. The van der Waals surface area contributed by atoms with E-state index in [1.54, 1.807) is 0 Å². The Hall–Kier alpha value is -0.580. The van der Waals surface area contributed by atoms with Crippen molar-refractivity contribution < 1.29 is 8.42 Å². The minimum absolute atomic E-state index is 0.0324. The lowest BCUT2D eigenvalue weighted by atomic mass is 10.00. The van der Waals surface area contributed by atoms with Crippen molar-refractivity contribution in [3.05, 3.63) is 4.60 Å². The summed E-state index contributed by atoms with van der Waals surface area (Å²) in [6.45, 7) is 0. The van der Waals surface area contributed by atoms with Gasteiger partial charge in [0.15, 0.2) is 4.60 Å². The second-order valence-corrected chi connectivity index (χ2v) is 7.36. The first-order valence-corrected chi connectivity index (χ1v) is 8.36. The van der Waals surface area contributed by atoms with Crippen LogP contribution in [-0.4, -0.2) is 33.9 Å². The maximum atomic E-state index is 12.4. The zero-order valence-electron chi connectivity index (χ0n) is 10.3. The third-order valence-corrected chi connectivity index (χ3v) is 6.06. The molecule has 0 spiro atoms. The fourth-order valence-electron chi connectivity index (χ4n) is 2.29. The summed E-state index contributed by atoms with van der Waals surface area (Å²) in [5, 5.41) is 7.30. The molecule has 0 atom stereocenters. The first-order chi connectivity index (χ1) is 8.78. The molecule has 1 saturated carbocycles. The molecule has 10 heteroatoms. The Kier molecular flexibility index (Phi) is 3.96. The standard InChI is InChI=1S/C9H14BrN5O2S2/c1-15-7(6(10)12-14-15)19(16,17)13-9(8(11)18)4-2-3-5-9/h13H,2-5H2,1H3,(H2,11,18). The van der Waals surface area contributed by atoms with Crippen LogP contribution in [-0.2, 0) is 17.1 Å². The quantitative estimate of drug-likeness (QED) is 0.749. The van der Waals surface area contributed by atoms with Gasteiger partial charge in [-0.2, -0.15) is 4.72 Å². The average Bonchev–Trinajstić information content (AvgIpc) is 2.86. The molecule has 3 N–H and O–H groups in total. The van der Waals surface area contributed by atoms with Gasteiger partial charge >= 0.3 is 0 Å². The van der Waals surface area contributed by atoms with Crippen LogP contribution in [0, 0.1) is 0 Å². The average molecular weight is 368 g/mol. The Bertz CT molecular complexity index is 587. The van der Waals surface area contributed by atoms with Crippen LogP contribution in [0.25, 0.3) is 0 Å². The molecule has 0 amide bonds. The first-order valence-electron chi connectivity index (χ1n) is 5.67. The van der Waals surface area contributed by atoms with Gasteiger partial charge in [-0.3, -0.25) is 0 Å². The SMILES string of the molecule is Cn1nnc(Br)c1S(=O)(=O)NC1(C(N)=S)CCCC1. The number of aromatic nitrogens is 3. The molecule has 7 nitrogen and oxygen atoms in total. The Labute approximate surface area is 125 Å². The Balaban J connectivity index is 2.39. The van der Waals surface area contributed by atoms with E-state index in [1.807, 2.05) is 0 Å². The second-order valence-electron chi connectivity index (χ2n) is 4.57. The summed E-state index contributed by atoms with van der Waals surface area (Å²) in [7, 11) is -2.28. The van der Waals surface area contributed by atoms with Crippen molar-refractivity contribution in [1.82, 2.24) is 19.7 Å². The maximum absolute atomic E-state index is 12.4. The summed E-state index contributed by atoms with van der Waals surface area (Å²) in [5.74, 6) is 0. The van der Waals surface area contributed by atoms with Gasteiger partial charge in [0.25, 0.3) is 10.0 Å². The van der Waals surface area contributed by atoms with Crippen LogP contribution in [0.2, 0.25) is 0 Å². The highest BCUT2D eigenvalue weighted by Gasteiger charge is 2.42. The number of rotatable bonds is 4. The molecule has 1 fully saturated rings. The molecule has 1 aliphatic rings. The topological polar surface area (TPSA) is 103 Å². The lowest BCUT2D eigenvalue weighted by molar-refractivity contribution is 0.494. The molecule has 1 aliphatic carbocycles. The number of halogens is 1. The van der Waals surface area contributed by atoms with E-state index in [4.69, 9.17) is 18.0 Å². The van der Waals surface area contributed by atoms with Gasteiger partial charge < -0.3 is 5.73 Å². The molecule has 1 aromatic heterocycles. The highest BCUT2D eigenvalue weighted by Crippen LogP contribution is 2.32. The molecular formula is C9H14BrN5O2S2. The highest BCUT2D eigenvalue weighted by molar-refractivity contribution is 9.10. The zero-order valence-corrected chi connectivity index (χ0v) is 13.5. The Morgan fingerprint density at radius 2 is 2.11 bits per heavy atom. The molecule has 0 radical (unpaired) electrons. The molecule has 0 unspecified atom stereocenters. The predicted molar refractivity (Wildman–Crippen MR) is 77.0 cm³/mol. The molecular weight excluding hydrogens is 354 g/mol. The number of hydrogen-bond donors (Lipinski definition) is 2. The van der Waals surface area contributed by atoms with Gasteiger partial charge in [-0.05, 0) is 28.8 Å². The zero-order chi connectivity index (χ0) is 14.3. The number of nitrogens with one attached hydrogen (secondary N) is 1. The van der Waals surface area contributed by atoms with E-state index in [-0.39, 0.29) is 14.6 Å². The lowest BCUT2D eigenvalue weighted by Crippen LogP contribution is -2.54. The predicted octanol–water partition coefficient (Wildman–Crippen LogP) is 0.455. The fraction of sp³-hybridized carbons (Fsp3) is 0.667. The van der Waals surface area contributed by atoms with Crippen LogP contribution in [0.15, 0.2) is 9.63 Å². The van der Waals surface area contributed by atoms with E-state index in [9.17, 15) is 8.42 Å². The number of hydrogen-bond acceptors (Lipinski definition) is 5. The Morgan fingerprint density at radius 3 is 2.53 bits per heavy atom. The number of nitrogens with zero attached hydrogens (tertiary/aromatic N) is 3. The van der Waals surface area contributed by atoms with Crippen molar-refractivity contribution in [3.63, 3.8) is 0 Å². The summed E-state index contributed by atoms with van der Waals surface area (Å²) in [6, 6.07) is 0. The van der Waals surface area contributed by atoms with E-state index >= 15 is 0 Å². The van der Waals surface area contributed by atoms with Crippen LogP contribution >= 0.6 is 28.1 Å². The normalized spacial score (nSPS) is 18.6. The minimum Gasteiger partial charge on any atom is -0.392 e. The van der Waals surface area contributed by atoms with Gasteiger partial charge in [0.2, 0.25) is 5.03 Å². The lowest BCUT2D eigenvalue weighted by Gasteiger charge is -2.28. The van der Waals surface area contributed by atoms with Crippen LogP contribution in [0.1, 0.15) is 25.7 Å². The van der Waals surface area contributed by atoms with Gasteiger partial charge in [-0.25, -0.2) is 13.1 Å². The van der Waals surface area contributed by atoms with Gasteiger partial charge in [0, 0.05) is 7.05 Å². The molecule has 106 valence electrons. The largest absolute Gasteiger partial charge is 0.392 e. The molecule has 0 aromatic carbocycles. The minimum atomic E-state index is -3.79. The van der Waals surface area contributed by atoms with Gasteiger partial charge in [0.05, 0.1) is 10.5 Å². The fourth-order valence-corrected chi connectivity index (χ4v) is 5.15. The van der Waals surface area contributed by atoms with E-state index in [1.165, 1.54) is 11.7 Å². The Morgan fingerprint density at radius 1 is 1.53 bits per heavy atom. The van der Waals surface area contributed by atoms with Crippen molar-refractivity contribution in [2.75, 3.05) is 0 Å². The van der Waals surface area contributed by atoms with Crippen molar-refractivity contribution in [2.45, 2.75) is 36.2 Å².